The first-order chi connectivity index (χ1) is 12.2. The van der Waals surface area contributed by atoms with Crippen molar-refractivity contribution < 1.29 is 4.79 Å². The number of carbonyl (C=O) groups excluding carboxylic acids is 1. The Kier molecular flexibility index (Phi) is 5.96. The Morgan fingerprint density at radius 3 is 2.84 bits per heavy atom. The van der Waals surface area contributed by atoms with Crippen LogP contribution in [0.15, 0.2) is 46.5 Å². The monoisotopic (exact) mass is 371 g/mol. The first-order valence-electron chi connectivity index (χ1n) is 8.19. The molecular weight excluding hydrogens is 350 g/mol. The number of para-hydroxylation sites is 1. The van der Waals surface area contributed by atoms with E-state index in [1.807, 2.05) is 36.2 Å². The summed E-state index contributed by atoms with van der Waals surface area (Å²) in [6, 6.07) is 10.0. The van der Waals surface area contributed by atoms with E-state index in [0.717, 1.165) is 33.9 Å². The van der Waals surface area contributed by atoms with Crippen LogP contribution in [-0.2, 0) is 17.8 Å². The van der Waals surface area contributed by atoms with Gasteiger partial charge in [-0.3, -0.25) is 9.69 Å². The Morgan fingerprint density at radius 1 is 1.24 bits per heavy atom. The molecule has 0 fully saturated rings. The van der Waals surface area contributed by atoms with Crippen molar-refractivity contribution in [1.29, 1.82) is 0 Å². The first kappa shape index (κ1) is 17.8. The van der Waals surface area contributed by atoms with Crippen molar-refractivity contribution in [2.45, 2.75) is 19.9 Å². The standard InChI is InChI=1S/C19H21N3OS2/c1-3-14-6-4-5-7-17(14)21-18(23)11-22(2)10-16-13-25-19(20-16)15-8-9-24-12-15/h4-9,12-13H,3,10-11H2,1-2H3,(H,21,23). The van der Waals surface area contributed by atoms with Gasteiger partial charge in [0.25, 0.3) is 0 Å². The molecule has 0 aliphatic heterocycles. The van der Waals surface area contributed by atoms with Gasteiger partial charge in [0, 0.05) is 28.6 Å². The number of thiophene rings is 1. The van der Waals surface area contributed by atoms with Crippen molar-refractivity contribution >= 4 is 34.3 Å². The van der Waals surface area contributed by atoms with Gasteiger partial charge < -0.3 is 5.32 Å². The number of anilines is 1. The summed E-state index contributed by atoms with van der Waals surface area (Å²) in [5.74, 6) is -0.00307. The lowest BCUT2D eigenvalue weighted by Crippen LogP contribution is -2.30. The number of nitrogens with zero attached hydrogens (tertiary/aromatic N) is 2. The number of thiazole rings is 1. The average Bonchev–Trinajstić information content (AvgIpc) is 3.26. The number of hydrogen-bond acceptors (Lipinski definition) is 5. The molecule has 0 atom stereocenters. The van der Waals surface area contributed by atoms with Gasteiger partial charge in [-0.05, 0) is 36.5 Å². The molecular formula is C19H21N3OS2. The number of rotatable bonds is 7. The zero-order chi connectivity index (χ0) is 17.6. The van der Waals surface area contributed by atoms with Gasteiger partial charge in [0.05, 0.1) is 12.2 Å². The highest BCUT2D eigenvalue weighted by molar-refractivity contribution is 7.14. The zero-order valence-electron chi connectivity index (χ0n) is 14.4. The van der Waals surface area contributed by atoms with E-state index in [1.165, 1.54) is 0 Å². The molecule has 3 rings (SSSR count). The average molecular weight is 372 g/mol. The molecule has 6 heteroatoms. The number of benzene rings is 1. The van der Waals surface area contributed by atoms with E-state index < -0.39 is 0 Å². The highest BCUT2D eigenvalue weighted by atomic mass is 32.1. The molecule has 1 N–H and O–H groups in total. The number of nitrogens with one attached hydrogen (secondary N) is 1. The predicted octanol–water partition coefficient (Wildman–Crippen LogP) is 4.50. The number of aryl methyl sites for hydroxylation is 1. The van der Waals surface area contributed by atoms with Crippen LogP contribution in [0.5, 0.6) is 0 Å². The Labute approximate surface area is 156 Å². The lowest BCUT2D eigenvalue weighted by Gasteiger charge is -2.16. The molecule has 1 amide bonds. The van der Waals surface area contributed by atoms with Crippen molar-refractivity contribution in [1.82, 2.24) is 9.88 Å². The molecule has 0 saturated heterocycles. The molecule has 0 aliphatic rings. The Balaban J connectivity index is 1.55. The third kappa shape index (κ3) is 4.75. The molecule has 25 heavy (non-hydrogen) atoms. The van der Waals surface area contributed by atoms with E-state index >= 15 is 0 Å². The summed E-state index contributed by atoms with van der Waals surface area (Å²) in [5, 5.41) is 10.3. The Hall–Kier alpha value is -2.02. The molecule has 0 bridgehead atoms. The quantitative estimate of drug-likeness (QED) is 0.665. The van der Waals surface area contributed by atoms with E-state index in [1.54, 1.807) is 22.7 Å². The van der Waals surface area contributed by atoms with Crippen LogP contribution in [0, 0.1) is 0 Å². The van der Waals surface area contributed by atoms with Gasteiger partial charge in [-0.15, -0.1) is 11.3 Å². The fourth-order valence-electron chi connectivity index (χ4n) is 2.62. The molecule has 0 spiro atoms. The SMILES string of the molecule is CCc1ccccc1NC(=O)CN(C)Cc1csc(-c2ccsc2)n1. The molecule has 1 aromatic carbocycles. The summed E-state index contributed by atoms with van der Waals surface area (Å²) in [4.78, 5) is 18.9. The van der Waals surface area contributed by atoms with Gasteiger partial charge in [-0.2, -0.15) is 11.3 Å². The van der Waals surface area contributed by atoms with Gasteiger partial charge >= 0.3 is 0 Å². The molecule has 4 nitrogen and oxygen atoms in total. The minimum Gasteiger partial charge on any atom is -0.325 e. The summed E-state index contributed by atoms with van der Waals surface area (Å²) in [6.07, 6.45) is 0.899. The van der Waals surface area contributed by atoms with Gasteiger partial charge in [-0.25, -0.2) is 4.98 Å². The van der Waals surface area contributed by atoms with E-state index in [4.69, 9.17) is 0 Å². The van der Waals surface area contributed by atoms with Crippen molar-refractivity contribution in [3.63, 3.8) is 0 Å². The maximum Gasteiger partial charge on any atom is 0.238 e. The third-order valence-corrected chi connectivity index (χ3v) is 5.46. The normalized spacial score (nSPS) is 11.0. The van der Waals surface area contributed by atoms with E-state index in [9.17, 15) is 4.79 Å². The molecule has 130 valence electrons. The van der Waals surface area contributed by atoms with Crippen LogP contribution in [0.3, 0.4) is 0 Å². The second-order valence-electron chi connectivity index (χ2n) is 5.89. The molecule has 0 radical (unpaired) electrons. The van der Waals surface area contributed by atoms with Crippen LogP contribution in [0.4, 0.5) is 5.69 Å². The Bertz CT molecular complexity index is 827. The van der Waals surface area contributed by atoms with Crippen molar-refractivity contribution in [3.05, 3.63) is 57.7 Å². The first-order valence-corrected chi connectivity index (χ1v) is 10.0. The Morgan fingerprint density at radius 2 is 2.08 bits per heavy atom. The molecule has 2 heterocycles. The maximum atomic E-state index is 12.3. The van der Waals surface area contributed by atoms with E-state index in [0.29, 0.717) is 13.1 Å². The van der Waals surface area contributed by atoms with Crippen molar-refractivity contribution in [2.75, 3.05) is 18.9 Å². The number of amides is 1. The number of hydrogen-bond donors (Lipinski definition) is 1. The molecule has 2 aromatic heterocycles. The highest BCUT2D eigenvalue weighted by Crippen LogP contribution is 2.26. The summed E-state index contributed by atoms with van der Waals surface area (Å²) >= 11 is 3.32. The van der Waals surface area contributed by atoms with Crippen molar-refractivity contribution in [2.24, 2.45) is 0 Å². The topological polar surface area (TPSA) is 45.2 Å². The van der Waals surface area contributed by atoms with Crippen LogP contribution >= 0.6 is 22.7 Å². The minimum absolute atomic E-state index is 0.00307. The van der Waals surface area contributed by atoms with E-state index in [2.05, 4.69) is 39.4 Å². The smallest absolute Gasteiger partial charge is 0.238 e. The lowest BCUT2D eigenvalue weighted by molar-refractivity contribution is -0.117. The summed E-state index contributed by atoms with van der Waals surface area (Å²) < 4.78 is 0. The molecule has 0 aliphatic carbocycles. The second kappa shape index (κ2) is 8.38. The lowest BCUT2D eigenvalue weighted by atomic mass is 10.1. The number of likely N-dealkylation sites (N-methyl/N-ethyl adjacent to an activating group) is 1. The fourth-order valence-corrected chi connectivity index (χ4v) is 4.14. The van der Waals surface area contributed by atoms with Gasteiger partial charge in [0.1, 0.15) is 5.01 Å². The predicted molar refractivity (Wildman–Crippen MR) is 106 cm³/mol. The van der Waals surface area contributed by atoms with Crippen LogP contribution in [0.1, 0.15) is 18.2 Å². The highest BCUT2D eigenvalue weighted by Gasteiger charge is 2.11. The molecule has 0 saturated carbocycles. The van der Waals surface area contributed by atoms with Gasteiger partial charge in [-0.1, -0.05) is 25.1 Å². The maximum absolute atomic E-state index is 12.3. The fraction of sp³-hybridized carbons (Fsp3) is 0.263. The van der Waals surface area contributed by atoms with E-state index in [-0.39, 0.29) is 5.91 Å². The molecule has 0 unspecified atom stereocenters. The minimum atomic E-state index is -0.00307. The molecule has 3 aromatic rings. The zero-order valence-corrected chi connectivity index (χ0v) is 16.0. The summed E-state index contributed by atoms with van der Waals surface area (Å²) in [7, 11) is 1.94. The summed E-state index contributed by atoms with van der Waals surface area (Å²) in [5.41, 5.74) is 4.21. The van der Waals surface area contributed by atoms with Crippen LogP contribution < -0.4 is 5.32 Å². The van der Waals surface area contributed by atoms with Gasteiger partial charge in [0.15, 0.2) is 0 Å². The number of carbonyl (C=O) groups is 1. The largest absolute Gasteiger partial charge is 0.325 e. The second-order valence-corrected chi connectivity index (χ2v) is 7.53. The number of aromatic nitrogens is 1. The summed E-state index contributed by atoms with van der Waals surface area (Å²) in [6.45, 7) is 3.08. The van der Waals surface area contributed by atoms with Crippen LogP contribution in [-0.4, -0.2) is 29.4 Å². The third-order valence-electron chi connectivity index (χ3n) is 3.84. The van der Waals surface area contributed by atoms with Gasteiger partial charge in [0.2, 0.25) is 5.91 Å². The van der Waals surface area contributed by atoms with Crippen LogP contribution in [0.25, 0.3) is 10.6 Å². The van der Waals surface area contributed by atoms with Crippen LogP contribution in [0.2, 0.25) is 0 Å². The van der Waals surface area contributed by atoms with Crippen molar-refractivity contribution in [3.8, 4) is 10.6 Å².